The first-order chi connectivity index (χ1) is 18.4. The molecule has 1 aliphatic rings. The molecule has 0 radical (unpaired) electrons. The number of aromatic nitrogens is 1. The van der Waals surface area contributed by atoms with E-state index in [4.69, 9.17) is 32.7 Å². The van der Waals surface area contributed by atoms with E-state index in [0.717, 1.165) is 10.4 Å². The number of rotatable bonds is 7. The summed E-state index contributed by atoms with van der Waals surface area (Å²) in [7, 11) is 0. The number of fused-ring (bicyclic) bond motifs is 1. The Balaban J connectivity index is 1.59. The summed E-state index contributed by atoms with van der Waals surface area (Å²) in [5.74, 6) is 0.0996. The summed E-state index contributed by atoms with van der Waals surface area (Å²) in [4.78, 5) is 32.7. The van der Waals surface area contributed by atoms with Crippen molar-refractivity contribution in [2.75, 3.05) is 6.61 Å². The second-order valence-electron chi connectivity index (χ2n) is 8.41. The number of allylic oxidation sites excluding steroid dienone is 1. The van der Waals surface area contributed by atoms with Crippen LogP contribution in [0.5, 0.6) is 5.75 Å². The molecule has 1 aliphatic heterocycles. The molecule has 0 amide bonds. The maximum atomic E-state index is 13.8. The van der Waals surface area contributed by atoms with Gasteiger partial charge in [0.25, 0.3) is 5.56 Å². The Hall–Kier alpha value is -3.17. The highest BCUT2D eigenvalue weighted by Gasteiger charge is 2.33. The number of nitrogens with zero attached hydrogens (tertiary/aromatic N) is 2. The van der Waals surface area contributed by atoms with Gasteiger partial charge in [-0.25, -0.2) is 9.79 Å². The molecule has 3 heterocycles. The van der Waals surface area contributed by atoms with Gasteiger partial charge in [0.15, 0.2) is 4.80 Å². The second kappa shape index (κ2) is 11.3. The molecular formula is C28H22Cl2N2O4S2. The van der Waals surface area contributed by atoms with Crippen LogP contribution in [0.15, 0.2) is 81.0 Å². The molecule has 0 saturated carbocycles. The van der Waals surface area contributed by atoms with Crippen molar-refractivity contribution in [2.24, 2.45) is 4.99 Å². The van der Waals surface area contributed by atoms with E-state index in [1.807, 2.05) is 29.6 Å². The number of esters is 1. The first-order valence-electron chi connectivity index (χ1n) is 11.8. The first kappa shape index (κ1) is 26.4. The van der Waals surface area contributed by atoms with Crippen molar-refractivity contribution in [2.45, 2.75) is 26.5 Å². The molecule has 2 aromatic carbocycles. The van der Waals surface area contributed by atoms with Crippen LogP contribution in [0.3, 0.4) is 0 Å². The third-order valence-corrected chi connectivity index (χ3v) is 8.29. The van der Waals surface area contributed by atoms with Gasteiger partial charge < -0.3 is 9.47 Å². The van der Waals surface area contributed by atoms with Crippen LogP contribution in [-0.4, -0.2) is 17.1 Å². The number of benzene rings is 2. The quantitative estimate of drug-likeness (QED) is 0.259. The minimum absolute atomic E-state index is 0.227. The summed E-state index contributed by atoms with van der Waals surface area (Å²) < 4.78 is 13.4. The first-order valence-corrected chi connectivity index (χ1v) is 14.2. The maximum absolute atomic E-state index is 13.8. The molecule has 2 aromatic heterocycles. The third-order valence-electron chi connectivity index (χ3n) is 5.90. The normalized spacial score (nSPS) is 15.3. The van der Waals surface area contributed by atoms with E-state index in [-0.39, 0.29) is 12.2 Å². The van der Waals surface area contributed by atoms with E-state index < -0.39 is 12.0 Å². The monoisotopic (exact) mass is 584 g/mol. The van der Waals surface area contributed by atoms with Crippen LogP contribution >= 0.6 is 45.9 Å². The number of hydrogen-bond acceptors (Lipinski definition) is 7. The van der Waals surface area contributed by atoms with Crippen LogP contribution in [0.25, 0.3) is 6.08 Å². The summed E-state index contributed by atoms with van der Waals surface area (Å²) in [6, 6.07) is 15.8. The highest BCUT2D eigenvalue weighted by atomic mass is 35.5. The summed E-state index contributed by atoms with van der Waals surface area (Å²) in [5, 5.41) is 3.08. The Bertz CT molecular complexity index is 1700. The average Bonchev–Trinajstić information content (AvgIpc) is 3.52. The van der Waals surface area contributed by atoms with E-state index in [0.29, 0.717) is 48.6 Å². The summed E-state index contributed by atoms with van der Waals surface area (Å²) in [6.45, 7) is 4.07. The zero-order valence-corrected chi connectivity index (χ0v) is 23.6. The van der Waals surface area contributed by atoms with Crippen molar-refractivity contribution in [3.63, 3.8) is 0 Å². The van der Waals surface area contributed by atoms with E-state index >= 15 is 0 Å². The minimum Gasteiger partial charge on any atom is -0.488 e. The van der Waals surface area contributed by atoms with Crippen LogP contribution in [0.2, 0.25) is 10.0 Å². The van der Waals surface area contributed by atoms with Gasteiger partial charge in [0, 0.05) is 20.5 Å². The lowest BCUT2D eigenvalue weighted by molar-refractivity contribution is -0.139. The van der Waals surface area contributed by atoms with Gasteiger partial charge in [-0.15, -0.1) is 11.3 Å². The van der Waals surface area contributed by atoms with E-state index in [1.165, 1.54) is 22.7 Å². The van der Waals surface area contributed by atoms with Gasteiger partial charge >= 0.3 is 5.97 Å². The van der Waals surface area contributed by atoms with Crippen LogP contribution in [0, 0.1) is 0 Å². The Morgan fingerprint density at radius 3 is 2.61 bits per heavy atom. The topological polar surface area (TPSA) is 69.9 Å². The fourth-order valence-electron chi connectivity index (χ4n) is 4.15. The fraction of sp³-hybridized carbons (Fsp3) is 0.179. The van der Waals surface area contributed by atoms with E-state index in [9.17, 15) is 9.59 Å². The Kier molecular flexibility index (Phi) is 7.85. The smallest absolute Gasteiger partial charge is 0.338 e. The average molecular weight is 586 g/mol. The van der Waals surface area contributed by atoms with Crippen molar-refractivity contribution < 1.29 is 14.3 Å². The van der Waals surface area contributed by atoms with Gasteiger partial charge in [-0.1, -0.05) is 52.7 Å². The van der Waals surface area contributed by atoms with Gasteiger partial charge in [-0.05, 0) is 67.3 Å². The number of halogens is 2. The number of ether oxygens (including phenoxy) is 2. The van der Waals surface area contributed by atoms with E-state index in [2.05, 4.69) is 4.99 Å². The Morgan fingerprint density at radius 1 is 1.13 bits per heavy atom. The number of carbonyl (C=O) groups is 1. The molecule has 0 fully saturated rings. The van der Waals surface area contributed by atoms with Crippen molar-refractivity contribution >= 4 is 57.9 Å². The molecule has 4 aromatic rings. The summed E-state index contributed by atoms with van der Waals surface area (Å²) >= 11 is 15.0. The van der Waals surface area contributed by atoms with Crippen molar-refractivity contribution in [1.29, 1.82) is 0 Å². The molecule has 0 bridgehead atoms. The maximum Gasteiger partial charge on any atom is 0.338 e. The molecule has 0 spiro atoms. The molecule has 6 nitrogen and oxygen atoms in total. The number of hydrogen-bond donors (Lipinski definition) is 0. The molecule has 194 valence electrons. The molecule has 5 rings (SSSR count). The van der Waals surface area contributed by atoms with Crippen LogP contribution in [0.4, 0.5) is 0 Å². The zero-order chi connectivity index (χ0) is 26.8. The van der Waals surface area contributed by atoms with Crippen molar-refractivity contribution in [3.05, 3.63) is 117 Å². The second-order valence-corrected chi connectivity index (χ2v) is 11.3. The fourth-order valence-corrected chi connectivity index (χ4v) is 6.32. The van der Waals surface area contributed by atoms with Crippen LogP contribution in [-0.2, 0) is 16.1 Å². The van der Waals surface area contributed by atoms with Crippen LogP contribution < -0.4 is 19.6 Å². The molecule has 1 atom stereocenters. The third kappa shape index (κ3) is 5.35. The number of thiophene rings is 1. The highest BCUT2D eigenvalue weighted by molar-refractivity contribution is 7.10. The highest BCUT2D eigenvalue weighted by Crippen LogP contribution is 2.33. The van der Waals surface area contributed by atoms with Crippen molar-refractivity contribution in [1.82, 2.24) is 4.57 Å². The predicted octanol–water partition coefficient (Wildman–Crippen LogP) is 5.75. The van der Waals surface area contributed by atoms with Gasteiger partial charge in [0.1, 0.15) is 18.4 Å². The molecule has 0 unspecified atom stereocenters. The predicted molar refractivity (Wildman–Crippen MR) is 152 cm³/mol. The molecule has 10 heteroatoms. The van der Waals surface area contributed by atoms with Crippen LogP contribution in [0.1, 0.15) is 35.9 Å². The SMILES string of the molecule is CCOC(=O)C1=C(C)N=c2s/c(=C\c3cc(Cl)ccc3OCc3ccc(Cl)cc3)c(=O)n2[C@H]1c1cccs1. The summed E-state index contributed by atoms with van der Waals surface area (Å²) in [6.07, 6.45) is 1.75. The Labute approximate surface area is 236 Å². The Morgan fingerprint density at radius 2 is 1.89 bits per heavy atom. The number of thiazole rings is 1. The molecular weight excluding hydrogens is 563 g/mol. The minimum atomic E-state index is -0.618. The van der Waals surface area contributed by atoms with Gasteiger partial charge in [-0.3, -0.25) is 9.36 Å². The van der Waals surface area contributed by atoms with Crippen molar-refractivity contribution in [3.8, 4) is 5.75 Å². The lowest BCUT2D eigenvalue weighted by Gasteiger charge is -2.23. The standard InChI is InChI=1S/C28H22Cl2N2O4S2/c1-3-35-27(34)24-16(2)31-28-32(25(24)22-5-4-12-37-22)26(33)23(38-28)14-18-13-20(30)10-11-21(18)36-15-17-6-8-19(29)9-7-17/h4-14,25H,3,15H2,1-2H3/b23-14-/t25-/m0/s1. The molecule has 0 aliphatic carbocycles. The zero-order valence-electron chi connectivity index (χ0n) is 20.4. The molecule has 0 N–H and O–H groups in total. The lowest BCUT2D eigenvalue weighted by Crippen LogP contribution is -2.39. The molecule has 0 saturated heterocycles. The van der Waals surface area contributed by atoms with E-state index in [1.54, 1.807) is 54.8 Å². The van der Waals surface area contributed by atoms with Gasteiger partial charge in [-0.2, -0.15) is 0 Å². The number of carbonyl (C=O) groups excluding carboxylic acids is 1. The lowest BCUT2D eigenvalue weighted by atomic mass is 10.0. The largest absolute Gasteiger partial charge is 0.488 e. The van der Waals surface area contributed by atoms with Gasteiger partial charge in [0.05, 0.1) is 22.4 Å². The summed E-state index contributed by atoms with van der Waals surface area (Å²) in [5.41, 5.74) is 2.25. The molecule has 38 heavy (non-hydrogen) atoms. The van der Waals surface area contributed by atoms with Gasteiger partial charge in [0.2, 0.25) is 0 Å².